The number of urea groups is 1. The SMILES string of the molecule is C=CCN1C(=O)N/C(=C/c2cc(I)c(OCc3cccc(C(=O)[O-])c3)c(OC)c2)C1=O. The van der Waals surface area contributed by atoms with Crippen LogP contribution in [-0.2, 0) is 11.4 Å². The first-order valence-electron chi connectivity index (χ1n) is 9.10. The monoisotopic (exact) mass is 533 g/mol. The number of carbonyl (C=O) groups is 3. The molecule has 0 spiro atoms. The van der Waals surface area contributed by atoms with Gasteiger partial charge in [0.25, 0.3) is 5.91 Å². The smallest absolute Gasteiger partial charge is 0.329 e. The van der Waals surface area contributed by atoms with Crippen LogP contribution in [0.25, 0.3) is 6.08 Å². The van der Waals surface area contributed by atoms with Crippen molar-refractivity contribution in [2.75, 3.05) is 13.7 Å². The minimum atomic E-state index is -1.26. The van der Waals surface area contributed by atoms with E-state index in [1.807, 2.05) is 0 Å². The lowest BCUT2D eigenvalue weighted by Crippen LogP contribution is -2.30. The number of aromatic carboxylic acids is 1. The quantitative estimate of drug-likeness (QED) is 0.242. The number of carboxylic acid groups (broad SMARTS) is 1. The standard InChI is InChI=1S/C22H19IN2O6/c1-3-7-25-20(26)17(24-22(25)29)10-14-9-16(23)19(18(11-14)30-2)31-12-13-5-4-6-15(8-13)21(27)28/h3-6,8-11H,1,7,12H2,2H3,(H,24,29)(H,27,28)/p-1/b17-10+. The zero-order chi connectivity index (χ0) is 22.5. The molecular weight excluding hydrogens is 515 g/mol. The average molecular weight is 533 g/mol. The Morgan fingerprint density at radius 3 is 2.74 bits per heavy atom. The summed E-state index contributed by atoms with van der Waals surface area (Å²) in [5.41, 5.74) is 1.51. The van der Waals surface area contributed by atoms with Gasteiger partial charge >= 0.3 is 6.03 Å². The van der Waals surface area contributed by atoms with E-state index in [1.165, 1.54) is 25.3 Å². The van der Waals surface area contributed by atoms with Gasteiger partial charge in [0.1, 0.15) is 12.3 Å². The lowest BCUT2D eigenvalue weighted by atomic mass is 10.1. The van der Waals surface area contributed by atoms with Gasteiger partial charge in [-0.3, -0.25) is 9.69 Å². The van der Waals surface area contributed by atoms with E-state index in [-0.39, 0.29) is 24.4 Å². The molecule has 8 nitrogen and oxygen atoms in total. The molecule has 2 aromatic carbocycles. The maximum atomic E-state index is 12.4. The number of nitrogens with one attached hydrogen (secondary N) is 1. The fourth-order valence-electron chi connectivity index (χ4n) is 2.94. The maximum Gasteiger partial charge on any atom is 0.329 e. The molecule has 160 valence electrons. The second-order valence-corrected chi connectivity index (χ2v) is 7.67. The van der Waals surface area contributed by atoms with Crippen molar-refractivity contribution in [2.45, 2.75) is 6.61 Å². The van der Waals surface area contributed by atoms with Crippen LogP contribution >= 0.6 is 22.6 Å². The molecule has 0 atom stereocenters. The van der Waals surface area contributed by atoms with Gasteiger partial charge in [0.2, 0.25) is 0 Å². The number of halogens is 1. The van der Waals surface area contributed by atoms with Gasteiger partial charge in [-0.25, -0.2) is 4.79 Å². The number of carboxylic acids is 1. The van der Waals surface area contributed by atoms with Gasteiger partial charge < -0.3 is 24.7 Å². The molecule has 31 heavy (non-hydrogen) atoms. The van der Waals surface area contributed by atoms with Crippen molar-refractivity contribution >= 4 is 46.6 Å². The summed E-state index contributed by atoms with van der Waals surface area (Å²) in [6.07, 6.45) is 3.03. The van der Waals surface area contributed by atoms with Crippen molar-refractivity contribution in [3.63, 3.8) is 0 Å². The molecule has 0 bridgehead atoms. The molecule has 1 heterocycles. The third-order valence-corrected chi connectivity index (χ3v) is 5.18. The highest BCUT2D eigenvalue weighted by molar-refractivity contribution is 14.1. The fraction of sp³-hybridized carbons (Fsp3) is 0.136. The molecule has 1 N–H and O–H groups in total. The Hall–Kier alpha value is -3.34. The van der Waals surface area contributed by atoms with Gasteiger partial charge in [-0.15, -0.1) is 6.58 Å². The zero-order valence-electron chi connectivity index (χ0n) is 16.5. The minimum absolute atomic E-state index is 0.0681. The van der Waals surface area contributed by atoms with Crippen LogP contribution < -0.4 is 19.9 Å². The number of rotatable bonds is 8. The third-order valence-electron chi connectivity index (χ3n) is 4.38. The first kappa shape index (κ1) is 22.3. The first-order chi connectivity index (χ1) is 14.8. The Bertz CT molecular complexity index is 1100. The predicted molar refractivity (Wildman–Crippen MR) is 119 cm³/mol. The van der Waals surface area contributed by atoms with E-state index in [4.69, 9.17) is 9.47 Å². The van der Waals surface area contributed by atoms with Crippen LogP contribution in [0, 0.1) is 3.57 Å². The molecule has 0 aromatic heterocycles. The second-order valence-electron chi connectivity index (χ2n) is 6.50. The zero-order valence-corrected chi connectivity index (χ0v) is 18.7. The van der Waals surface area contributed by atoms with Crippen molar-refractivity contribution in [1.29, 1.82) is 0 Å². The van der Waals surface area contributed by atoms with Crippen molar-refractivity contribution in [3.8, 4) is 11.5 Å². The Morgan fingerprint density at radius 2 is 2.06 bits per heavy atom. The molecule has 3 amide bonds. The summed E-state index contributed by atoms with van der Waals surface area (Å²) < 4.78 is 12.0. The molecule has 3 rings (SSSR count). The molecule has 0 unspecified atom stereocenters. The summed E-state index contributed by atoms with van der Waals surface area (Å²) >= 11 is 2.07. The van der Waals surface area contributed by atoms with E-state index in [0.717, 1.165) is 4.90 Å². The molecule has 1 aliphatic heterocycles. The molecule has 9 heteroatoms. The highest BCUT2D eigenvalue weighted by Gasteiger charge is 2.32. The number of hydrogen-bond acceptors (Lipinski definition) is 6. The lowest BCUT2D eigenvalue weighted by Gasteiger charge is -2.14. The number of methoxy groups -OCH3 is 1. The topological polar surface area (TPSA) is 108 Å². The normalized spacial score (nSPS) is 14.5. The third kappa shape index (κ3) is 5.05. The molecular formula is C22H18IN2O6-. The minimum Gasteiger partial charge on any atom is -0.545 e. The summed E-state index contributed by atoms with van der Waals surface area (Å²) in [5.74, 6) is -0.799. The van der Waals surface area contributed by atoms with Gasteiger partial charge in [0, 0.05) is 6.54 Å². The average Bonchev–Trinajstić information content (AvgIpc) is 3.00. The Labute approximate surface area is 192 Å². The van der Waals surface area contributed by atoms with Crippen LogP contribution in [-0.4, -0.2) is 36.5 Å². The Kier molecular flexibility index (Phi) is 6.95. The highest BCUT2D eigenvalue weighted by atomic mass is 127. The largest absolute Gasteiger partial charge is 0.545 e. The fourth-order valence-corrected chi connectivity index (χ4v) is 3.72. The van der Waals surface area contributed by atoms with Crippen LogP contribution in [0.4, 0.5) is 4.79 Å². The van der Waals surface area contributed by atoms with E-state index in [9.17, 15) is 19.5 Å². The van der Waals surface area contributed by atoms with Crippen molar-refractivity contribution in [3.05, 3.63) is 75.0 Å². The van der Waals surface area contributed by atoms with Gasteiger partial charge in [0.15, 0.2) is 11.5 Å². The van der Waals surface area contributed by atoms with Crippen molar-refractivity contribution in [1.82, 2.24) is 10.2 Å². The Balaban J connectivity index is 1.83. The van der Waals surface area contributed by atoms with Crippen LogP contribution in [0.1, 0.15) is 21.5 Å². The van der Waals surface area contributed by atoms with Crippen LogP contribution in [0.2, 0.25) is 0 Å². The molecule has 1 saturated heterocycles. The van der Waals surface area contributed by atoms with E-state index < -0.39 is 17.9 Å². The van der Waals surface area contributed by atoms with Gasteiger partial charge in [-0.05, 0) is 63.6 Å². The summed E-state index contributed by atoms with van der Waals surface area (Å²) in [6, 6.07) is 9.24. The number of imide groups is 1. The molecule has 0 saturated carbocycles. The van der Waals surface area contributed by atoms with E-state index in [1.54, 1.807) is 30.3 Å². The van der Waals surface area contributed by atoms with E-state index >= 15 is 0 Å². The van der Waals surface area contributed by atoms with Crippen LogP contribution in [0.3, 0.4) is 0 Å². The first-order valence-corrected chi connectivity index (χ1v) is 10.2. The summed E-state index contributed by atoms with van der Waals surface area (Å²) in [7, 11) is 1.49. The number of amides is 3. The van der Waals surface area contributed by atoms with Crippen LogP contribution in [0.15, 0.2) is 54.8 Å². The van der Waals surface area contributed by atoms with Crippen molar-refractivity contribution < 1.29 is 29.0 Å². The van der Waals surface area contributed by atoms with E-state index in [2.05, 4.69) is 34.5 Å². The van der Waals surface area contributed by atoms with Gasteiger partial charge in [-0.2, -0.15) is 0 Å². The number of benzene rings is 2. The number of ether oxygens (including phenoxy) is 2. The van der Waals surface area contributed by atoms with Crippen molar-refractivity contribution in [2.24, 2.45) is 0 Å². The molecule has 1 aliphatic rings. The second kappa shape index (κ2) is 9.65. The highest BCUT2D eigenvalue weighted by Crippen LogP contribution is 2.35. The van der Waals surface area contributed by atoms with E-state index in [0.29, 0.717) is 26.2 Å². The molecule has 2 aromatic rings. The number of carbonyl (C=O) groups excluding carboxylic acids is 3. The lowest BCUT2D eigenvalue weighted by molar-refractivity contribution is -0.255. The molecule has 0 radical (unpaired) electrons. The summed E-state index contributed by atoms with van der Waals surface area (Å²) in [5, 5.41) is 13.6. The van der Waals surface area contributed by atoms with Gasteiger partial charge in [0.05, 0.1) is 16.6 Å². The maximum absolute atomic E-state index is 12.4. The molecule has 1 fully saturated rings. The van der Waals surface area contributed by atoms with Crippen LogP contribution in [0.5, 0.6) is 11.5 Å². The van der Waals surface area contributed by atoms with Gasteiger partial charge in [-0.1, -0.05) is 24.3 Å². The summed E-state index contributed by atoms with van der Waals surface area (Å²) in [4.78, 5) is 36.4. The number of nitrogens with zero attached hydrogens (tertiary/aromatic N) is 1. The predicted octanol–water partition coefficient (Wildman–Crippen LogP) is 2.32. The molecule has 0 aliphatic carbocycles. The Morgan fingerprint density at radius 1 is 1.29 bits per heavy atom. The number of hydrogen-bond donors (Lipinski definition) is 1. The summed E-state index contributed by atoms with van der Waals surface area (Å²) in [6.45, 7) is 3.79.